The lowest BCUT2D eigenvalue weighted by atomic mass is 9.85. The summed E-state index contributed by atoms with van der Waals surface area (Å²) in [6.07, 6.45) is 5.03. The van der Waals surface area contributed by atoms with Gasteiger partial charge in [-0.3, -0.25) is 0 Å². The maximum Gasteiger partial charge on any atom is 0.132 e. The van der Waals surface area contributed by atoms with Crippen LogP contribution >= 0.6 is 0 Å². The third-order valence-corrected chi connectivity index (χ3v) is 4.58. The largest absolute Gasteiger partial charge is 0.356 e. The van der Waals surface area contributed by atoms with Gasteiger partial charge in [0.05, 0.1) is 5.52 Å². The van der Waals surface area contributed by atoms with Gasteiger partial charge in [0.15, 0.2) is 0 Å². The number of hydrogen-bond acceptors (Lipinski definition) is 3. The molecule has 0 unspecified atom stereocenters. The SMILES string of the molecule is CCN(CC1CCC1)c1nc2ccccc2cc1CCN. The Morgan fingerprint density at radius 3 is 2.76 bits per heavy atom. The third kappa shape index (κ3) is 3.03. The van der Waals surface area contributed by atoms with Crippen LogP contribution in [0.4, 0.5) is 5.82 Å². The molecule has 0 spiro atoms. The number of aromatic nitrogens is 1. The summed E-state index contributed by atoms with van der Waals surface area (Å²) in [5, 5.41) is 1.21. The monoisotopic (exact) mass is 283 g/mol. The molecule has 1 aliphatic rings. The molecular weight excluding hydrogens is 258 g/mol. The number of nitrogens with zero attached hydrogens (tertiary/aromatic N) is 2. The Morgan fingerprint density at radius 2 is 2.10 bits per heavy atom. The van der Waals surface area contributed by atoms with Crippen LogP contribution in [0.5, 0.6) is 0 Å². The summed E-state index contributed by atoms with van der Waals surface area (Å²) in [6, 6.07) is 10.6. The summed E-state index contributed by atoms with van der Waals surface area (Å²) in [6.45, 7) is 5.05. The number of fused-ring (bicyclic) bond motifs is 1. The standard InChI is InChI=1S/C18H25N3/c1-2-21(13-14-6-5-7-14)18-16(10-11-19)12-15-8-3-4-9-17(15)20-18/h3-4,8-9,12,14H,2,5-7,10-11,13,19H2,1H3. The number of benzene rings is 1. The second-order valence-corrected chi connectivity index (χ2v) is 6.04. The highest BCUT2D eigenvalue weighted by molar-refractivity contribution is 5.81. The molecular formula is C18H25N3. The molecule has 0 radical (unpaired) electrons. The van der Waals surface area contributed by atoms with Crippen LogP contribution in [0.1, 0.15) is 31.7 Å². The predicted molar refractivity (Wildman–Crippen MR) is 89.7 cm³/mol. The van der Waals surface area contributed by atoms with E-state index in [1.807, 2.05) is 0 Å². The van der Waals surface area contributed by atoms with Gasteiger partial charge in [0, 0.05) is 18.5 Å². The zero-order valence-electron chi connectivity index (χ0n) is 12.9. The highest BCUT2D eigenvalue weighted by atomic mass is 15.2. The van der Waals surface area contributed by atoms with Crippen LogP contribution in [0.2, 0.25) is 0 Å². The minimum atomic E-state index is 0.675. The molecule has 1 saturated carbocycles. The van der Waals surface area contributed by atoms with E-state index in [1.165, 1.54) is 30.2 Å². The Bertz CT molecular complexity index is 604. The molecule has 3 nitrogen and oxygen atoms in total. The molecule has 0 aliphatic heterocycles. The van der Waals surface area contributed by atoms with Crippen molar-refractivity contribution in [1.29, 1.82) is 0 Å². The molecule has 3 heteroatoms. The summed E-state index contributed by atoms with van der Waals surface area (Å²) >= 11 is 0. The van der Waals surface area contributed by atoms with Crippen LogP contribution in [0.3, 0.4) is 0 Å². The number of para-hydroxylation sites is 1. The van der Waals surface area contributed by atoms with E-state index in [4.69, 9.17) is 10.7 Å². The molecule has 112 valence electrons. The number of anilines is 1. The first-order valence-electron chi connectivity index (χ1n) is 8.15. The Labute approximate surface area is 127 Å². The van der Waals surface area contributed by atoms with E-state index in [2.05, 4.69) is 42.2 Å². The third-order valence-electron chi connectivity index (χ3n) is 4.58. The topological polar surface area (TPSA) is 42.2 Å². The van der Waals surface area contributed by atoms with E-state index in [1.54, 1.807) is 0 Å². The zero-order chi connectivity index (χ0) is 14.7. The smallest absolute Gasteiger partial charge is 0.132 e. The Morgan fingerprint density at radius 1 is 1.29 bits per heavy atom. The van der Waals surface area contributed by atoms with Gasteiger partial charge in [-0.1, -0.05) is 24.6 Å². The number of hydrogen-bond donors (Lipinski definition) is 1. The van der Waals surface area contributed by atoms with Crippen molar-refractivity contribution >= 4 is 16.7 Å². The van der Waals surface area contributed by atoms with Gasteiger partial charge in [0.1, 0.15) is 5.82 Å². The van der Waals surface area contributed by atoms with E-state index in [0.29, 0.717) is 6.54 Å². The van der Waals surface area contributed by atoms with Crippen LogP contribution in [-0.2, 0) is 6.42 Å². The molecule has 0 saturated heterocycles. The first-order valence-corrected chi connectivity index (χ1v) is 8.15. The van der Waals surface area contributed by atoms with Crippen molar-refractivity contribution in [2.24, 2.45) is 11.7 Å². The number of rotatable bonds is 6. The van der Waals surface area contributed by atoms with Crippen LogP contribution in [-0.4, -0.2) is 24.6 Å². The maximum absolute atomic E-state index is 5.81. The molecule has 2 N–H and O–H groups in total. The van der Waals surface area contributed by atoms with Gasteiger partial charge in [0.25, 0.3) is 0 Å². The molecule has 1 fully saturated rings. The average molecular weight is 283 g/mol. The number of nitrogens with two attached hydrogens (primary N) is 1. The summed E-state index contributed by atoms with van der Waals surface area (Å²) < 4.78 is 0. The van der Waals surface area contributed by atoms with E-state index in [-0.39, 0.29) is 0 Å². The van der Waals surface area contributed by atoms with Crippen molar-refractivity contribution in [3.63, 3.8) is 0 Å². The minimum absolute atomic E-state index is 0.675. The highest BCUT2D eigenvalue weighted by Crippen LogP contribution is 2.30. The molecule has 1 aromatic carbocycles. The Hall–Kier alpha value is -1.61. The van der Waals surface area contributed by atoms with Crippen LogP contribution in [0.15, 0.2) is 30.3 Å². The predicted octanol–water partition coefficient (Wildman–Crippen LogP) is 3.36. The van der Waals surface area contributed by atoms with E-state index in [0.717, 1.165) is 36.8 Å². The molecule has 0 bridgehead atoms. The Kier molecular flexibility index (Phi) is 4.39. The maximum atomic E-state index is 5.81. The van der Waals surface area contributed by atoms with Crippen LogP contribution in [0, 0.1) is 5.92 Å². The fourth-order valence-electron chi connectivity index (χ4n) is 3.12. The van der Waals surface area contributed by atoms with Crippen molar-refractivity contribution in [3.05, 3.63) is 35.9 Å². The van der Waals surface area contributed by atoms with Crippen molar-refractivity contribution in [2.45, 2.75) is 32.6 Å². The second-order valence-electron chi connectivity index (χ2n) is 6.04. The summed E-state index contributed by atoms with van der Waals surface area (Å²) in [4.78, 5) is 7.39. The lowest BCUT2D eigenvalue weighted by Crippen LogP contribution is -2.33. The van der Waals surface area contributed by atoms with Gasteiger partial charge in [-0.05, 0) is 56.3 Å². The first-order chi connectivity index (χ1) is 10.3. The Balaban J connectivity index is 1.97. The average Bonchev–Trinajstić information content (AvgIpc) is 2.46. The van der Waals surface area contributed by atoms with Gasteiger partial charge in [-0.2, -0.15) is 0 Å². The summed E-state index contributed by atoms with van der Waals surface area (Å²) in [5.74, 6) is 2.00. The van der Waals surface area contributed by atoms with Gasteiger partial charge >= 0.3 is 0 Å². The van der Waals surface area contributed by atoms with Gasteiger partial charge < -0.3 is 10.6 Å². The lowest BCUT2D eigenvalue weighted by molar-refractivity contribution is 0.318. The summed E-state index contributed by atoms with van der Waals surface area (Å²) in [5.41, 5.74) is 8.18. The van der Waals surface area contributed by atoms with Crippen molar-refractivity contribution in [1.82, 2.24) is 4.98 Å². The van der Waals surface area contributed by atoms with Gasteiger partial charge in [0.2, 0.25) is 0 Å². The minimum Gasteiger partial charge on any atom is -0.356 e. The van der Waals surface area contributed by atoms with Crippen LogP contribution < -0.4 is 10.6 Å². The quantitative estimate of drug-likeness (QED) is 0.884. The highest BCUT2D eigenvalue weighted by Gasteiger charge is 2.22. The van der Waals surface area contributed by atoms with E-state index in [9.17, 15) is 0 Å². The zero-order valence-corrected chi connectivity index (χ0v) is 12.9. The summed E-state index contributed by atoms with van der Waals surface area (Å²) in [7, 11) is 0. The molecule has 1 aromatic heterocycles. The normalized spacial score (nSPS) is 15.1. The fraction of sp³-hybridized carbons (Fsp3) is 0.500. The lowest BCUT2D eigenvalue weighted by Gasteiger charge is -2.33. The number of pyridine rings is 1. The van der Waals surface area contributed by atoms with Crippen molar-refractivity contribution < 1.29 is 0 Å². The molecule has 1 aliphatic carbocycles. The van der Waals surface area contributed by atoms with Gasteiger partial charge in [-0.15, -0.1) is 0 Å². The fourth-order valence-corrected chi connectivity index (χ4v) is 3.12. The van der Waals surface area contributed by atoms with E-state index < -0.39 is 0 Å². The molecule has 0 amide bonds. The second kappa shape index (κ2) is 6.44. The van der Waals surface area contributed by atoms with Crippen molar-refractivity contribution in [2.75, 3.05) is 24.5 Å². The molecule has 1 heterocycles. The molecule has 0 atom stereocenters. The van der Waals surface area contributed by atoms with Gasteiger partial charge in [-0.25, -0.2) is 4.98 Å². The van der Waals surface area contributed by atoms with Crippen molar-refractivity contribution in [3.8, 4) is 0 Å². The first kappa shape index (κ1) is 14.3. The molecule has 3 rings (SSSR count). The molecule has 21 heavy (non-hydrogen) atoms. The molecule has 2 aromatic rings. The van der Waals surface area contributed by atoms with Crippen LogP contribution in [0.25, 0.3) is 10.9 Å². The van der Waals surface area contributed by atoms with E-state index >= 15 is 0 Å².